The first-order chi connectivity index (χ1) is 11.8. The highest BCUT2D eigenvalue weighted by molar-refractivity contribution is 7.92. The van der Waals surface area contributed by atoms with Gasteiger partial charge in [0.2, 0.25) is 0 Å². The van der Waals surface area contributed by atoms with E-state index in [1.165, 1.54) is 38.5 Å². The van der Waals surface area contributed by atoms with Crippen LogP contribution in [0.3, 0.4) is 0 Å². The largest absolute Gasteiger partial charge is 0.497 e. The first-order valence-electron chi connectivity index (χ1n) is 7.00. The quantitative estimate of drug-likeness (QED) is 0.625. The number of sulfonamides is 1. The Balaban J connectivity index is 2.05. The second kappa shape index (κ2) is 6.34. The van der Waals surface area contributed by atoms with E-state index >= 15 is 0 Å². The average molecular weight is 384 g/mol. The number of hydrogen-bond acceptors (Lipinski definition) is 5. The van der Waals surface area contributed by atoms with Crippen molar-refractivity contribution in [2.24, 2.45) is 0 Å². The Bertz CT molecular complexity index is 1080. The number of H-pyrrole nitrogens is 2. The van der Waals surface area contributed by atoms with Crippen LogP contribution in [0.2, 0.25) is 5.02 Å². The lowest BCUT2D eigenvalue weighted by molar-refractivity contribution is 0.395. The molecule has 0 saturated carbocycles. The highest BCUT2D eigenvalue weighted by Crippen LogP contribution is 2.30. The molecule has 3 rings (SSSR count). The zero-order valence-electron chi connectivity index (χ0n) is 13.2. The van der Waals surface area contributed by atoms with Gasteiger partial charge in [0.05, 0.1) is 36.0 Å². The number of imidazole rings is 1. The van der Waals surface area contributed by atoms with Gasteiger partial charge >= 0.3 is 5.69 Å². The monoisotopic (exact) mass is 383 g/mol. The van der Waals surface area contributed by atoms with Crippen LogP contribution in [0, 0.1) is 0 Å². The fraction of sp³-hybridized carbons (Fsp3) is 0.133. The van der Waals surface area contributed by atoms with Crippen LogP contribution in [0.15, 0.2) is 40.0 Å². The Morgan fingerprint density at radius 2 is 1.52 bits per heavy atom. The van der Waals surface area contributed by atoms with Gasteiger partial charge in [-0.3, -0.25) is 4.72 Å². The van der Waals surface area contributed by atoms with Crippen molar-refractivity contribution in [2.75, 3.05) is 18.9 Å². The molecular formula is C15H14ClN3O5S. The van der Waals surface area contributed by atoms with E-state index in [2.05, 4.69) is 14.7 Å². The van der Waals surface area contributed by atoms with Crippen molar-refractivity contribution in [2.45, 2.75) is 4.90 Å². The summed E-state index contributed by atoms with van der Waals surface area (Å²) >= 11 is 6.08. The number of ether oxygens (including phenoxy) is 2. The summed E-state index contributed by atoms with van der Waals surface area (Å²) in [7, 11) is -1.09. The van der Waals surface area contributed by atoms with Crippen molar-refractivity contribution in [3.63, 3.8) is 0 Å². The van der Waals surface area contributed by atoms with Crippen molar-refractivity contribution < 1.29 is 17.9 Å². The molecule has 8 nitrogen and oxygen atoms in total. The Labute approximate surface area is 147 Å². The number of halogens is 1. The van der Waals surface area contributed by atoms with Gasteiger partial charge in [0.25, 0.3) is 10.0 Å². The smallest absolute Gasteiger partial charge is 0.323 e. The van der Waals surface area contributed by atoms with Gasteiger partial charge in [-0.15, -0.1) is 0 Å². The Morgan fingerprint density at radius 3 is 2.08 bits per heavy atom. The summed E-state index contributed by atoms with van der Waals surface area (Å²) < 4.78 is 38.0. The number of aromatic nitrogens is 2. The summed E-state index contributed by atoms with van der Waals surface area (Å²) in [6.45, 7) is 0. The number of methoxy groups -OCH3 is 2. The van der Waals surface area contributed by atoms with Gasteiger partial charge in [0.1, 0.15) is 16.4 Å². The number of nitrogens with one attached hydrogen (secondary N) is 3. The molecule has 0 spiro atoms. The van der Waals surface area contributed by atoms with Gasteiger partial charge in [-0.2, -0.15) is 0 Å². The minimum Gasteiger partial charge on any atom is -0.497 e. The van der Waals surface area contributed by atoms with Gasteiger partial charge in [-0.05, 0) is 12.1 Å². The average Bonchev–Trinajstić information content (AvgIpc) is 2.92. The van der Waals surface area contributed by atoms with Crippen molar-refractivity contribution in [3.05, 3.63) is 45.8 Å². The highest BCUT2D eigenvalue weighted by atomic mass is 35.5. The molecule has 3 aromatic rings. The first-order valence-corrected chi connectivity index (χ1v) is 8.86. The Morgan fingerprint density at radius 1 is 0.960 bits per heavy atom. The fourth-order valence-electron chi connectivity index (χ4n) is 2.32. The molecule has 0 saturated heterocycles. The molecule has 0 aliphatic rings. The fourth-order valence-corrected chi connectivity index (χ4v) is 3.91. The summed E-state index contributed by atoms with van der Waals surface area (Å²) in [4.78, 5) is 16.2. The lowest BCUT2D eigenvalue weighted by atomic mass is 10.3. The molecule has 2 aromatic carbocycles. The van der Waals surface area contributed by atoms with E-state index in [0.29, 0.717) is 22.5 Å². The summed E-state index contributed by atoms with van der Waals surface area (Å²) in [5, 5.41) is -0.0230. The molecule has 0 aliphatic carbocycles. The molecule has 0 bridgehead atoms. The predicted molar refractivity (Wildman–Crippen MR) is 94.3 cm³/mol. The topological polar surface area (TPSA) is 113 Å². The molecule has 0 fully saturated rings. The Hall–Kier alpha value is -2.65. The first kappa shape index (κ1) is 17.2. The zero-order chi connectivity index (χ0) is 18.2. The predicted octanol–water partition coefficient (Wildman–Crippen LogP) is 2.33. The molecular weight excluding hydrogens is 370 g/mol. The third kappa shape index (κ3) is 3.42. The van der Waals surface area contributed by atoms with E-state index in [1.54, 1.807) is 6.07 Å². The van der Waals surface area contributed by atoms with E-state index in [4.69, 9.17) is 21.1 Å². The minimum atomic E-state index is -4.01. The number of anilines is 1. The van der Waals surface area contributed by atoms with Crippen molar-refractivity contribution >= 4 is 38.3 Å². The van der Waals surface area contributed by atoms with E-state index in [9.17, 15) is 13.2 Å². The molecule has 3 N–H and O–H groups in total. The molecule has 132 valence electrons. The normalized spacial score (nSPS) is 11.5. The van der Waals surface area contributed by atoms with Crippen LogP contribution >= 0.6 is 11.6 Å². The second-order valence-electron chi connectivity index (χ2n) is 5.11. The number of benzene rings is 2. The molecule has 25 heavy (non-hydrogen) atoms. The van der Waals surface area contributed by atoms with Gasteiger partial charge in [-0.25, -0.2) is 13.2 Å². The molecule has 0 unspecified atom stereocenters. The highest BCUT2D eigenvalue weighted by Gasteiger charge is 2.20. The second-order valence-corrected chi connectivity index (χ2v) is 7.17. The lowest BCUT2D eigenvalue weighted by Crippen LogP contribution is -2.13. The van der Waals surface area contributed by atoms with Crippen LogP contribution in [0.5, 0.6) is 11.5 Å². The van der Waals surface area contributed by atoms with Gasteiger partial charge in [0.15, 0.2) is 0 Å². The lowest BCUT2D eigenvalue weighted by Gasteiger charge is -2.12. The van der Waals surface area contributed by atoms with Crippen molar-refractivity contribution in [1.29, 1.82) is 0 Å². The van der Waals surface area contributed by atoms with Gasteiger partial charge in [-0.1, -0.05) is 11.6 Å². The number of aromatic amines is 2. The SMILES string of the molecule is COc1cc(NS(=O)(=O)c2cc3[nH]c(=O)[nH]c3cc2Cl)cc(OC)c1. The van der Waals surface area contributed by atoms with Crippen LogP contribution in [0.25, 0.3) is 11.0 Å². The summed E-state index contributed by atoms with van der Waals surface area (Å²) in [5.41, 5.74) is 0.538. The van der Waals surface area contributed by atoms with E-state index < -0.39 is 15.7 Å². The van der Waals surface area contributed by atoms with Crippen LogP contribution in [-0.2, 0) is 10.0 Å². The van der Waals surface area contributed by atoms with Crippen LogP contribution in [-0.4, -0.2) is 32.6 Å². The Kier molecular flexibility index (Phi) is 4.36. The van der Waals surface area contributed by atoms with Gasteiger partial charge < -0.3 is 19.4 Å². The van der Waals surface area contributed by atoms with Crippen molar-refractivity contribution in [3.8, 4) is 11.5 Å². The molecule has 0 radical (unpaired) electrons. The van der Waals surface area contributed by atoms with Crippen molar-refractivity contribution in [1.82, 2.24) is 9.97 Å². The van der Waals surface area contributed by atoms with Crippen LogP contribution < -0.4 is 19.9 Å². The maximum absolute atomic E-state index is 12.7. The number of fused-ring (bicyclic) bond motifs is 1. The third-order valence-corrected chi connectivity index (χ3v) is 5.31. The molecule has 0 amide bonds. The van der Waals surface area contributed by atoms with E-state index in [1.807, 2.05) is 0 Å². The number of rotatable bonds is 5. The van der Waals surface area contributed by atoms with Gasteiger partial charge in [0, 0.05) is 18.2 Å². The van der Waals surface area contributed by atoms with E-state index in [-0.39, 0.29) is 15.6 Å². The zero-order valence-corrected chi connectivity index (χ0v) is 14.8. The molecule has 0 atom stereocenters. The maximum Gasteiger partial charge on any atom is 0.323 e. The van der Waals surface area contributed by atoms with Crippen LogP contribution in [0.4, 0.5) is 5.69 Å². The molecule has 1 aromatic heterocycles. The number of hydrogen-bond donors (Lipinski definition) is 3. The summed E-state index contributed by atoms with van der Waals surface area (Å²) in [6.07, 6.45) is 0. The summed E-state index contributed by atoms with van der Waals surface area (Å²) in [5.74, 6) is 0.849. The molecule has 0 aliphatic heterocycles. The molecule has 10 heteroatoms. The maximum atomic E-state index is 12.7. The van der Waals surface area contributed by atoms with Crippen LogP contribution in [0.1, 0.15) is 0 Å². The standard InChI is InChI=1S/C15H14ClN3O5S/c1-23-9-3-8(4-10(5-9)24-2)19-25(21,22)14-7-13-12(6-11(14)16)17-15(20)18-13/h3-7,19H,1-2H3,(H2,17,18,20). The summed E-state index contributed by atoms with van der Waals surface area (Å²) in [6, 6.07) is 7.28. The molecule has 1 heterocycles. The minimum absolute atomic E-state index is 0.0230. The van der Waals surface area contributed by atoms with E-state index in [0.717, 1.165) is 0 Å². The third-order valence-electron chi connectivity index (χ3n) is 3.46.